The van der Waals surface area contributed by atoms with Crippen LogP contribution in [-0.2, 0) is 11.3 Å². The molecule has 1 N–H and O–H groups in total. The van der Waals surface area contributed by atoms with Gasteiger partial charge in [-0.25, -0.2) is 9.48 Å². The topological polar surface area (TPSA) is 95.2 Å². The molecule has 0 aliphatic carbocycles. The third kappa shape index (κ3) is 4.42. The highest BCUT2D eigenvalue weighted by molar-refractivity contribution is 6.07. The second kappa shape index (κ2) is 9.87. The fraction of sp³-hybridized carbons (Fsp3) is 0.364. The van der Waals surface area contributed by atoms with Gasteiger partial charge in [-0.15, -0.1) is 0 Å². The number of rotatable bonds is 8. The monoisotopic (exact) mass is 410 g/mol. The molecule has 0 saturated carbocycles. The Morgan fingerprint density at radius 2 is 1.97 bits per heavy atom. The van der Waals surface area contributed by atoms with Crippen LogP contribution in [0.15, 0.2) is 47.5 Å². The van der Waals surface area contributed by atoms with Crippen LogP contribution >= 0.6 is 0 Å². The van der Waals surface area contributed by atoms with Crippen LogP contribution in [0, 0.1) is 0 Å². The van der Waals surface area contributed by atoms with Crippen molar-refractivity contribution in [3.05, 3.63) is 64.2 Å². The molecule has 0 aliphatic rings. The number of amides is 1. The van der Waals surface area contributed by atoms with E-state index in [0.29, 0.717) is 12.1 Å². The highest BCUT2D eigenvalue weighted by atomic mass is 16.6. The maximum absolute atomic E-state index is 13.3. The van der Waals surface area contributed by atoms with E-state index in [9.17, 15) is 14.4 Å². The number of fused-ring (bicyclic) bond motifs is 1. The minimum Gasteiger partial charge on any atom is -0.448 e. The van der Waals surface area contributed by atoms with Gasteiger partial charge in [0.25, 0.3) is 11.5 Å². The number of carbonyl (C=O) groups is 2. The van der Waals surface area contributed by atoms with E-state index >= 15 is 0 Å². The molecular weight excluding hydrogens is 384 g/mol. The summed E-state index contributed by atoms with van der Waals surface area (Å²) in [6, 6.07) is 8.47. The van der Waals surface area contributed by atoms with Crippen molar-refractivity contribution in [3.63, 3.8) is 0 Å². The predicted octanol–water partition coefficient (Wildman–Crippen LogP) is 3.17. The van der Waals surface area contributed by atoms with Gasteiger partial charge in [0.1, 0.15) is 0 Å². The number of ether oxygens (including phenoxy) is 1. The van der Waals surface area contributed by atoms with Crippen LogP contribution in [0.25, 0.3) is 10.9 Å². The minimum atomic E-state index is -0.672. The molecule has 1 amide bonds. The smallest absolute Gasteiger partial charge is 0.433 e. The summed E-state index contributed by atoms with van der Waals surface area (Å²) in [4.78, 5) is 42.8. The zero-order valence-electron chi connectivity index (χ0n) is 17.3. The lowest BCUT2D eigenvalue weighted by molar-refractivity contribution is 0.0954. The van der Waals surface area contributed by atoms with E-state index in [2.05, 4.69) is 17.2 Å². The van der Waals surface area contributed by atoms with Gasteiger partial charge < -0.3 is 10.1 Å². The summed E-state index contributed by atoms with van der Waals surface area (Å²) in [5, 5.41) is 3.06. The molecule has 0 atom stereocenters. The highest BCUT2D eigenvalue weighted by Gasteiger charge is 2.23. The van der Waals surface area contributed by atoms with Crippen molar-refractivity contribution in [2.75, 3.05) is 13.2 Å². The van der Waals surface area contributed by atoms with Gasteiger partial charge in [0, 0.05) is 18.9 Å². The van der Waals surface area contributed by atoms with Gasteiger partial charge in [0.05, 0.1) is 29.6 Å². The summed E-state index contributed by atoms with van der Waals surface area (Å²) in [6.45, 7) is 4.61. The zero-order chi connectivity index (χ0) is 21.5. The van der Waals surface area contributed by atoms with Gasteiger partial charge in [0.2, 0.25) is 0 Å². The van der Waals surface area contributed by atoms with Gasteiger partial charge in [0.15, 0.2) is 0 Å². The molecule has 8 nitrogen and oxygen atoms in total. The first kappa shape index (κ1) is 21.3. The molecule has 2 heterocycles. The van der Waals surface area contributed by atoms with Crippen molar-refractivity contribution >= 4 is 22.9 Å². The zero-order valence-corrected chi connectivity index (χ0v) is 17.3. The number of hydrogen-bond donors (Lipinski definition) is 1. The molecule has 2 aromatic heterocycles. The van der Waals surface area contributed by atoms with Gasteiger partial charge >= 0.3 is 6.09 Å². The molecule has 0 unspecified atom stereocenters. The molecule has 158 valence electrons. The highest BCUT2D eigenvalue weighted by Crippen LogP contribution is 2.18. The first-order valence-electron chi connectivity index (χ1n) is 10.2. The van der Waals surface area contributed by atoms with Gasteiger partial charge in [-0.05, 0) is 37.1 Å². The maximum atomic E-state index is 13.3. The largest absolute Gasteiger partial charge is 0.448 e. The molecule has 0 aliphatic heterocycles. The summed E-state index contributed by atoms with van der Waals surface area (Å²) in [7, 11) is 0. The molecule has 30 heavy (non-hydrogen) atoms. The summed E-state index contributed by atoms with van der Waals surface area (Å²) in [5.74, 6) is -0.330. The van der Waals surface area contributed by atoms with Crippen molar-refractivity contribution in [3.8, 4) is 0 Å². The number of hydrogen-bond acceptors (Lipinski definition) is 5. The second-order valence-corrected chi connectivity index (χ2v) is 6.90. The summed E-state index contributed by atoms with van der Waals surface area (Å²) < 4.78 is 7.65. The first-order valence-corrected chi connectivity index (χ1v) is 10.2. The van der Waals surface area contributed by atoms with Crippen LogP contribution in [0.3, 0.4) is 0 Å². The van der Waals surface area contributed by atoms with Gasteiger partial charge in [-0.2, -0.15) is 4.68 Å². The van der Waals surface area contributed by atoms with E-state index in [0.717, 1.165) is 24.8 Å². The number of carbonyl (C=O) groups excluding carboxylic acids is 2. The number of nitrogens with one attached hydrogen (secondary N) is 1. The molecule has 0 radical (unpaired) electrons. The fourth-order valence-electron chi connectivity index (χ4n) is 3.34. The Morgan fingerprint density at radius 3 is 2.67 bits per heavy atom. The normalized spacial score (nSPS) is 10.9. The minimum absolute atomic E-state index is 0.123. The lowest BCUT2D eigenvalue weighted by Crippen LogP contribution is -2.29. The van der Waals surface area contributed by atoms with E-state index in [1.807, 2.05) is 6.07 Å². The third-order valence-electron chi connectivity index (χ3n) is 4.77. The second-order valence-electron chi connectivity index (χ2n) is 6.90. The van der Waals surface area contributed by atoms with E-state index in [1.54, 1.807) is 43.6 Å². The molecule has 3 aromatic rings. The number of pyridine rings is 1. The number of aromatic nitrogens is 3. The van der Waals surface area contributed by atoms with Crippen molar-refractivity contribution < 1.29 is 14.3 Å². The molecule has 0 fully saturated rings. The van der Waals surface area contributed by atoms with Crippen molar-refractivity contribution in [2.45, 2.75) is 39.7 Å². The summed E-state index contributed by atoms with van der Waals surface area (Å²) >= 11 is 0. The van der Waals surface area contributed by atoms with Crippen molar-refractivity contribution in [2.24, 2.45) is 0 Å². The van der Waals surface area contributed by atoms with E-state index in [-0.39, 0.29) is 30.0 Å². The van der Waals surface area contributed by atoms with Gasteiger partial charge in [-0.3, -0.25) is 14.6 Å². The molecule has 1 aromatic carbocycles. The van der Waals surface area contributed by atoms with E-state index < -0.39 is 11.7 Å². The van der Waals surface area contributed by atoms with E-state index in [4.69, 9.17) is 4.74 Å². The average Bonchev–Trinajstić information content (AvgIpc) is 3.04. The molecule has 0 bridgehead atoms. The van der Waals surface area contributed by atoms with Crippen molar-refractivity contribution in [1.29, 1.82) is 0 Å². The van der Waals surface area contributed by atoms with Crippen LogP contribution < -0.4 is 10.9 Å². The Morgan fingerprint density at radius 1 is 1.13 bits per heavy atom. The predicted molar refractivity (Wildman–Crippen MR) is 114 cm³/mol. The standard InChI is InChI=1S/C22H26N4O4/c1-3-5-6-13-24-20(27)17-10-7-11-18-19(17)21(28)25(26(18)22(29)30-4-2)15-16-9-8-12-23-14-16/h7-12,14H,3-6,13,15H2,1-2H3,(H,24,27). The van der Waals surface area contributed by atoms with Crippen LogP contribution in [0.1, 0.15) is 49.0 Å². The quantitative estimate of drug-likeness (QED) is 0.576. The molecule has 8 heteroatoms. The summed E-state index contributed by atoms with van der Waals surface area (Å²) in [6.07, 6.45) is 5.52. The Kier molecular flexibility index (Phi) is 7.00. The van der Waals surface area contributed by atoms with Crippen LogP contribution in [0.4, 0.5) is 4.79 Å². The Labute approximate surface area is 174 Å². The van der Waals surface area contributed by atoms with Crippen molar-refractivity contribution in [1.82, 2.24) is 19.7 Å². The molecule has 0 spiro atoms. The lowest BCUT2D eigenvalue weighted by Gasteiger charge is -2.11. The SMILES string of the molecule is CCCCCNC(=O)c1cccc2c1c(=O)n(Cc1cccnc1)n2C(=O)OCC. The fourth-order valence-corrected chi connectivity index (χ4v) is 3.34. The number of unbranched alkanes of at least 4 members (excludes halogenated alkanes) is 2. The molecule has 0 saturated heterocycles. The Bertz CT molecular complexity index is 1090. The lowest BCUT2D eigenvalue weighted by atomic mass is 10.1. The van der Waals surface area contributed by atoms with Gasteiger partial charge in [-0.1, -0.05) is 31.9 Å². The van der Waals surface area contributed by atoms with Crippen LogP contribution in [0.5, 0.6) is 0 Å². The Balaban J connectivity index is 2.09. The molecule has 3 rings (SSSR count). The first-order chi connectivity index (χ1) is 14.6. The molecular formula is C22H26N4O4. The third-order valence-corrected chi connectivity index (χ3v) is 4.77. The van der Waals surface area contributed by atoms with Crippen LogP contribution in [-0.4, -0.2) is 39.5 Å². The van der Waals surface area contributed by atoms with E-state index in [1.165, 1.54) is 9.36 Å². The Hall–Kier alpha value is -3.42. The maximum Gasteiger partial charge on any atom is 0.433 e. The van der Waals surface area contributed by atoms with Crippen LogP contribution in [0.2, 0.25) is 0 Å². The number of nitrogens with zero attached hydrogens (tertiary/aromatic N) is 3. The summed E-state index contributed by atoms with van der Waals surface area (Å²) in [5.41, 5.74) is 0.903. The average molecular weight is 410 g/mol. The number of benzene rings is 1.